The molecule has 0 radical (unpaired) electrons. The van der Waals surface area contributed by atoms with Crippen molar-refractivity contribution in [2.45, 2.75) is 18.9 Å². The molecular weight excluding hydrogens is 174 g/mol. The first-order valence-electron chi connectivity index (χ1n) is 4.90. The maximum absolute atomic E-state index is 4.34. The van der Waals surface area contributed by atoms with Gasteiger partial charge in [0.2, 0.25) is 0 Å². The van der Waals surface area contributed by atoms with E-state index in [-0.39, 0.29) is 0 Å². The van der Waals surface area contributed by atoms with Crippen LogP contribution in [-0.2, 0) is 0 Å². The number of rotatable bonds is 2. The Kier molecular flexibility index (Phi) is 1.63. The molecule has 1 aliphatic rings. The van der Waals surface area contributed by atoms with Crippen molar-refractivity contribution in [3.05, 3.63) is 30.6 Å². The molecule has 2 aromatic heterocycles. The first kappa shape index (κ1) is 7.74. The van der Waals surface area contributed by atoms with Crippen molar-refractivity contribution < 1.29 is 0 Å². The van der Waals surface area contributed by atoms with E-state index in [2.05, 4.69) is 15.3 Å². The summed E-state index contributed by atoms with van der Waals surface area (Å²) in [6.07, 6.45) is 6.18. The zero-order valence-electron chi connectivity index (χ0n) is 7.77. The molecule has 2 aromatic rings. The molecule has 0 unspecified atom stereocenters. The van der Waals surface area contributed by atoms with Gasteiger partial charge < -0.3 is 5.32 Å². The van der Waals surface area contributed by atoms with Crippen molar-refractivity contribution in [3.63, 3.8) is 0 Å². The van der Waals surface area contributed by atoms with Crippen LogP contribution < -0.4 is 5.32 Å². The van der Waals surface area contributed by atoms with Crippen LogP contribution in [0, 0.1) is 0 Å². The van der Waals surface area contributed by atoms with Crippen molar-refractivity contribution in [2.75, 3.05) is 5.32 Å². The van der Waals surface area contributed by atoms with Gasteiger partial charge >= 0.3 is 0 Å². The lowest BCUT2D eigenvalue weighted by atomic mass is 10.3. The molecule has 0 bridgehead atoms. The van der Waals surface area contributed by atoms with Crippen LogP contribution >= 0.6 is 0 Å². The number of hydrogen-bond acceptors (Lipinski definition) is 3. The van der Waals surface area contributed by atoms with Crippen LogP contribution in [0.2, 0.25) is 0 Å². The van der Waals surface area contributed by atoms with Crippen molar-refractivity contribution in [3.8, 4) is 0 Å². The van der Waals surface area contributed by atoms with Crippen LogP contribution in [0.4, 0.5) is 5.69 Å². The summed E-state index contributed by atoms with van der Waals surface area (Å²) in [5.41, 5.74) is 3.04. The van der Waals surface area contributed by atoms with Gasteiger partial charge in [0.1, 0.15) is 5.52 Å². The van der Waals surface area contributed by atoms with Crippen molar-refractivity contribution >= 4 is 16.7 Å². The molecule has 1 aliphatic carbocycles. The molecule has 3 rings (SSSR count). The Hall–Kier alpha value is -1.64. The van der Waals surface area contributed by atoms with E-state index >= 15 is 0 Å². The number of hydrogen-bond donors (Lipinski definition) is 1. The molecule has 0 saturated heterocycles. The highest BCUT2D eigenvalue weighted by molar-refractivity contribution is 5.87. The van der Waals surface area contributed by atoms with E-state index in [9.17, 15) is 0 Å². The summed E-state index contributed by atoms with van der Waals surface area (Å²) in [7, 11) is 0. The second-order valence-electron chi connectivity index (χ2n) is 3.65. The molecule has 0 amide bonds. The number of nitrogens with one attached hydrogen (secondary N) is 1. The summed E-state index contributed by atoms with van der Waals surface area (Å²) in [6.45, 7) is 0. The maximum Gasteiger partial charge on any atom is 0.112 e. The third kappa shape index (κ3) is 1.31. The van der Waals surface area contributed by atoms with Crippen LogP contribution in [-0.4, -0.2) is 16.0 Å². The summed E-state index contributed by atoms with van der Waals surface area (Å²) in [6, 6.07) is 6.55. The number of anilines is 1. The van der Waals surface area contributed by atoms with E-state index in [0.29, 0.717) is 6.04 Å². The Balaban J connectivity index is 2.11. The summed E-state index contributed by atoms with van der Waals surface area (Å²) in [4.78, 5) is 8.60. The van der Waals surface area contributed by atoms with Gasteiger partial charge in [-0.1, -0.05) is 0 Å². The Morgan fingerprint density at radius 1 is 1.14 bits per heavy atom. The van der Waals surface area contributed by atoms with E-state index < -0.39 is 0 Å². The van der Waals surface area contributed by atoms with Gasteiger partial charge in [-0.15, -0.1) is 0 Å². The van der Waals surface area contributed by atoms with Gasteiger partial charge in [0, 0.05) is 18.4 Å². The standard InChI is InChI=1S/C11H11N3/c1-2-9-11(13-6-1)10(5-7-12-9)14-8-3-4-8/h1-2,5-8H,3-4H2,(H,12,14). The molecule has 1 fully saturated rings. The topological polar surface area (TPSA) is 37.8 Å². The van der Waals surface area contributed by atoms with Crippen LogP contribution in [0.25, 0.3) is 11.0 Å². The molecule has 0 aliphatic heterocycles. The number of pyridine rings is 2. The van der Waals surface area contributed by atoms with E-state index in [1.54, 1.807) is 0 Å². The molecule has 0 aromatic carbocycles. The molecule has 0 atom stereocenters. The fourth-order valence-corrected chi connectivity index (χ4v) is 1.54. The van der Waals surface area contributed by atoms with E-state index in [1.165, 1.54) is 12.8 Å². The lowest BCUT2D eigenvalue weighted by molar-refractivity contribution is 1.15. The normalized spacial score (nSPS) is 15.7. The predicted molar refractivity (Wildman–Crippen MR) is 56.2 cm³/mol. The van der Waals surface area contributed by atoms with Crippen LogP contribution in [0.1, 0.15) is 12.8 Å². The molecule has 14 heavy (non-hydrogen) atoms. The number of fused-ring (bicyclic) bond motifs is 1. The van der Waals surface area contributed by atoms with Gasteiger partial charge in [0.25, 0.3) is 0 Å². The molecular formula is C11H11N3. The van der Waals surface area contributed by atoms with Crippen LogP contribution in [0.15, 0.2) is 30.6 Å². The molecule has 2 heterocycles. The van der Waals surface area contributed by atoms with Gasteiger partial charge in [0.15, 0.2) is 0 Å². The zero-order valence-corrected chi connectivity index (χ0v) is 7.77. The smallest absolute Gasteiger partial charge is 0.112 e. The van der Waals surface area contributed by atoms with E-state index in [0.717, 1.165) is 16.7 Å². The quantitative estimate of drug-likeness (QED) is 0.779. The van der Waals surface area contributed by atoms with Gasteiger partial charge in [-0.25, -0.2) is 0 Å². The Bertz CT molecular complexity index is 458. The van der Waals surface area contributed by atoms with Crippen molar-refractivity contribution in [2.24, 2.45) is 0 Å². The van der Waals surface area contributed by atoms with Gasteiger partial charge in [0.05, 0.1) is 11.2 Å². The SMILES string of the molecule is c1cnc2c(NC3CC3)ccnc2c1. The van der Waals surface area contributed by atoms with Crippen molar-refractivity contribution in [1.29, 1.82) is 0 Å². The summed E-state index contributed by atoms with van der Waals surface area (Å²) in [5, 5.41) is 3.46. The third-order valence-corrected chi connectivity index (χ3v) is 2.43. The highest BCUT2D eigenvalue weighted by Crippen LogP contribution is 2.27. The minimum absolute atomic E-state index is 0.655. The molecule has 70 valence electrons. The lowest BCUT2D eigenvalue weighted by Crippen LogP contribution is -2.02. The second kappa shape index (κ2) is 2.94. The maximum atomic E-state index is 4.34. The zero-order chi connectivity index (χ0) is 9.38. The minimum atomic E-state index is 0.655. The summed E-state index contributed by atoms with van der Waals surface area (Å²) < 4.78 is 0. The van der Waals surface area contributed by atoms with Gasteiger partial charge in [-0.2, -0.15) is 0 Å². The van der Waals surface area contributed by atoms with Crippen LogP contribution in [0.5, 0.6) is 0 Å². The molecule has 0 spiro atoms. The predicted octanol–water partition coefficient (Wildman–Crippen LogP) is 2.20. The minimum Gasteiger partial charge on any atom is -0.380 e. The average Bonchev–Trinajstić information content (AvgIpc) is 3.03. The van der Waals surface area contributed by atoms with Crippen molar-refractivity contribution in [1.82, 2.24) is 9.97 Å². The summed E-state index contributed by atoms with van der Waals surface area (Å²) in [5.74, 6) is 0. The van der Waals surface area contributed by atoms with E-state index in [4.69, 9.17) is 0 Å². The van der Waals surface area contributed by atoms with Crippen LogP contribution in [0.3, 0.4) is 0 Å². The molecule has 1 N–H and O–H groups in total. The Labute approximate surface area is 82.2 Å². The largest absolute Gasteiger partial charge is 0.380 e. The first-order chi connectivity index (χ1) is 6.93. The lowest BCUT2D eigenvalue weighted by Gasteiger charge is -2.06. The molecule has 3 heteroatoms. The fraction of sp³-hybridized carbons (Fsp3) is 0.273. The number of aromatic nitrogens is 2. The Morgan fingerprint density at radius 3 is 2.93 bits per heavy atom. The molecule has 3 nitrogen and oxygen atoms in total. The monoisotopic (exact) mass is 185 g/mol. The van der Waals surface area contributed by atoms with E-state index in [1.807, 2.05) is 30.6 Å². The Morgan fingerprint density at radius 2 is 2.07 bits per heavy atom. The molecule has 1 saturated carbocycles. The van der Waals surface area contributed by atoms with Gasteiger partial charge in [-0.3, -0.25) is 9.97 Å². The van der Waals surface area contributed by atoms with Gasteiger partial charge in [-0.05, 0) is 31.0 Å². The fourth-order valence-electron chi connectivity index (χ4n) is 1.54. The highest BCUT2D eigenvalue weighted by atomic mass is 15.0. The second-order valence-corrected chi connectivity index (χ2v) is 3.65. The first-order valence-corrected chi connectivity index (χ1v) is 4.90. The average molecular weight is 185 g/mol. The number of nitrogens with zero attached hydrogens (tertiary/aromatic N) is 2. The highest BCUT2D eigenvalue weighted by Gasteiger charge is 2.21. The third-order valence-electron chi connectivity index (χ3n) is 2.43. The summed E-state index contributed by atoms with van der Waals surface area (Å²) >= 11 is 0.